The maximum Gasteiger partial charge on any atom is 0.254 e. The fourth-order valence-electron chi connectivity index (χ4n) is 5.56. The van der Waals surface area contributed by atoms with Crippen molar-refractivity contribution < 1.29 is 18.7 Å². The molecule has 6 rings (SSSR count). The number of benzene rings is 2. The van der Waals surface area contributed by atoms with Gasteiger partial charge in [-0.2, -0.15) is 0 Å². The number of alkyl halides is 1. The molecule has 2 aliphatic heterocycles. The lowest BCUT2D eigenvalue weighted by Gasteiger charge is -2.35. The summed E-state index contributed by atoms with van der Waals surface area (Å²) in [5.41, 5.74) is 7.04. The molecular formula is C29H30F2N6O2. The topological polar surface area (TPSA) is 85.1 Å². The summed E-state index contributed by atoms with van der Waals surface area (Å²) in [6, 6.07) is 12.5. The SMILES string of the molecule is CN(C)Cc1cc(Nc2ccc(-c3cnc4cc(F)ccn34)c3c2C(=O)NC3)ccc1N1CC[C@@H](F)[C@H](O)C1. The van der Waals surface area contributed by atoms with Crippen LogP contribution in [0.2, 0.25) is 0 Å². The average molecular weight is 533 g/mol. The quantitative estimate of drug-likeness (QED) is 0.347. The molecule has 2 aliphatic rings. The Labute approximate surface area is 224 Å². The number of aromatic nitrogens is 2. The number of rotatable bonds is 6. The average Bonchev–Trinajstić information content (AvgIpc) is 3.49. The van der Waals surface area contributed by atoms with E-state index in [1.165, 1.54) is 12.1 Å². The van der Waals surface area contributed by atoms with Gasteiger partial charge >= 0.3 is 0 Å². The minimum Gasteiger partial charge on any atom is -0.388 e. The first-order valence-corrected chi connectivity index (χ1v) is 13.0. The molecule has 0 radical (unpaired) electrons. The van der Waals surface area contributed by atoms with Gasteiger partial charge in [0.15, 0.2) is 0 Å². The summed E-state index contributed by atoms with van der Waals surface area (Å²) in [5.74, 6) is -0.522. The third-order valence-electron chi connectivity index (χ3n) is 7.40. The Kier molecular flexibility index (Phi) is 6.44. The van der Waals surface area contributed by atoms with Gasteiger partial charge in [0, 0.05) is 55.4 Å². The van der Waals surface area contributed by atoms with Crippen LogP contribution in [-0.2, 0) is 13.1 Å². The van der Waals surface area contributed by atoms with Crippen molar-refractivity contribution in [3.8, 4) is 11.3 Å². The van der Waals surface area contributed by atoms with Crippen LogP contribution < -0.4 is 15.5 Å². The molecule has 0 aliphatic carbocycles. The number of carbonyl (C=O) groups excluding carboxylic acids is 1. The lowest BCUT2D eigenvalue weighted by molar-refractivity contribution is 0.0644. The van der Waals surface area contributed by atoms with Crippen LogP contribution in [0.15, 0.2) is 54.9 Å². The number of pyridine rings is 1. The summed E-state index contributed by atoms with van der Waals surface area (Å²) in [6.45, 7) is 1.82. The molecule has 3 N–H and O–H groups in total. The fourth-order valence-corrected chi connectivity index (χ4v) is 5.56. The second-order valence-electron chi connectivity index (χ2n) is 10.4. The van der Waals surface area contributed by atoms with Crippen LogP contribution in [0.1, 0.15) is 27.9 Å². The number of hydrogen-bond donors (Lipinski definition) is 3. The molecule has 1 fully saturated rings. The van der Waals surface area contributed by atoms with Crippen LogP contribution in [0.25, 0.3) is 16.9 Å². The highest BCUT2D eigenvalue weighted by Crippen LogP contribution is 2.37. The maximum absolute atomic E-state index is 13.9. The van der Waals surface area contributed by atoms with E-state index in [1.54, 1.807) is 12.4 Å². The number of nitrogens with zero attached hydrogens (tertiary/aromatic N) is 4. The van der Waals surface area contributed by atoms with Crippen molar-refractivity contribution in [1.29, 1.82) is 0 Å². The smallest absolute Gasteiger partial charge is 0.254 e. The standard InChI is InChI=1S/C29H30F2N6O2/c1-35(2)15-17-11-19(3-6-24(17)36-9-8-22(31)26(38)16-36)34-23-5-4-20(21-13-33-29(39)28(21)23)25-14-32-27-12-18(30)7-10-37(25)27/h3-7,10-12,14,22,26,34,38H,8-9,13,15-16H2,1-2H3,(H,33,39)/t22-,26-/m1/s1. The molecule has 2 aromatic heterocycles. The lowest BCUT2D eigenvalue weighted by Crippen LogP contribution is -2.45. The molecule has 1 amide bonds. The second-order valence-corrected chi connectivity index (χ2v) is 10.4. The number of β-amino-alcohol motifs (C(OH)–C–C–N with tert-alkyl or cyclic N) is 1. The Morgan fingerprint density at radius 2 is 2.05 bits per heavy atom. The van der Waals surface area contributed by atoms with Crippen LogP contribution in [-0.4, -0.2) is 64.8 Å². The summed E-state index contributed by atoms with van der Waals surface area (Å²) in [5, 5.41) is 16.5. The first kappa shape index (κ1) is 25.3. The van der Waals surface area contributed by atoms with Crippen molar-refractivity contribution in [3.05, 3.63) is 77.4 Å². The largest absolute Gasteiger partial charge is 0.388 e. The molecule has 2 atom stereocenters. The number of hydrogen-bond acceptors (Lipinski definition) is 6. The zero-order chi connectivity index (χ0) is 27.3. The van der Waals surface area contributed by atoms with Gasteiger partial charge in [-0.25, -0.2) is 13.8 Å². The molecule has 39 heavy (non-hydrogen) atoms. The predicted molar refractivity (Wildman–Crippen MR) is 147 cm³/mol. The van der Waals surface area contributed by atoms with Gasteiger partial charge in [0.2, 0.25) is 0 Å². The van der Waals surface area contributed by atoms with E-state index in [1.807, 2.05) is 53.7 Å². The minimum atomic E-state index is -1.20. The second kappa shape index (κ2) is 9.94. The van der Waals surface area contributed by atoms with Crippen LogP contribution in [0.5, 0.6) is 0 Å². The van der Waals surface area contributed by atoms with Crippen LogP contribution in [0, 0.1) is 5.82 Å². The minimum absolute atomic E-state index is 0.164. The van der Waals surface area contributed by atoms with Gasteiger partial charge in [-0.15, -0.1) is 0 Å². The van der Waals surface area contributed by atoms with E-state index in [0.29, 0.717) is 36.5 Å². The molecule has 1 saturated heterocycles. The molecule has 2 aromatic carbocycles. The zero-order valence-corrected chi connectivity index (χ0v) is 21.8. The number of halogens is 2. The summed E-state index contributed by atoms with van der Waals surface area (Å²) in [6.07, 6.45) is 1.42. The molecule has 8 nitrogen and oxygen atoms in total. The Morgan fingerprint density at radius 3 is 2.85 bits per heavy atom. The molecule has 202 valence electrons. The Morgan fingerprint density at radius 1 is 1.21 bits per heavy atom. The van der Waals surface area contributed by atoms with Crippen LogP contribution >= 0.6 is 0 Å². The summed E-state index contributed by atoms with van der Waals surface area (Å²) in [4.78, 5) is 21.4. The highest BCUT2D eigenvalue weighted by Gasteiger charge is 2.29. The predicted octanol–water partition coefficient (Wildman–Crippen LogP) is 4.10. The van der Waals surface area contributed by atoms with Crippen LogP contribution in [0.3, 0.4) is 0 Å². The summed E-state index contributed by atoms with van der Waals surface area (Å²) < 4.78 is 29.4. The number of anilines is 3. The summed E-state index contributed by atoms with van der Waals surface area (Å²) >= 11 is 0. The lowest BCUT2D eigenvalue weighted by atomic mass is 9.98. The van der Waals surface area contributed by atoms with Gasteiger partial charge in [0.25, 0.3) is 5.91 Å². The van der Waals surface area contributed by atoms with E-state index >= 15 is 0 Å². The number of aliphatic hydroxyl groups is 1. The molecular weight excluding hydrogens is 502 g/mol. The number of piperidine rings is 1. The van der Waals surface area contributed by atoms with E-state index in [0.717, 1.165) is 33.8 Å². The van der Waals surface area contributed by atoms with E-state index in [9.17, 15) is 18.7 Å². The third-order valence-corrected chi connectivity index (χ3v) is 7.40. The molecule has 0 unspecified atom stereocenters. The Hall–Kier alpha value is -4.02. The highest BCUT2D eigenvalue weighted by atomic mass is 19.1. The first-order chi connectivity index (χ1) is 18.8. The van der Waals surface area contributed by atoms with Crippen molar-refractivity contribution in [2.45, 2.75) is 31.8 Å². The molecule has 0 bridgehead atoms. The number of fused-ring (bicyclic) bond motifs is 2. The maximum atomic E-state index is 13.9. The zero-order valence-electron chi connectivity index (χ0n) is 21.8. The molecule has 4 aromatic rings. The molecule has 10 heteroatoms. The van der Waals surface area contributed by atoms with Crippen molar-refractivity contribution >= 4 is 28.6 Å². The first-order valence-electron chi connectivity index (χ1n) is 13.0. The number of imidazole rings is 1. The fraction of sp³-hybridized carbons (Fsp3) is 0.310. The van der Waals surface area contributed by atoms with Gasteiger partial charge in [-0.05, 0) is 62.0 Å². The number of nitrogens with one attached hydrogen (secondary N) is 2. The number of aliphatic hydroxyl groups excluding tert-OH is 1. The normalized spacial score (nSPS) is 19.0. The van der Waals surface area contributed by atoms with Gasteiger partial charge in [-0.3, -0.25) is 9.20 Å². The van der Waals surface area contributed by atoms with Gasteiger partial charge in [0.1, 0.15) is 23.7 Å². The highest BCUT2D eigenvalue weighted by molar-refractivity contribution is 6.06. The van der Waals surface area contributed by atoms with Crippen molar-refractivity contribution in [2.75, 3.05) is 37.4 Å². The van der Waals surface area contributed by atoms with E-state index in [-0.39, 0.29) is 24.7 Å². The van der Waals surface area contributed by atoms with E-state index in [4.69, 9.17) is 0 Å². The number of amides is 1. The van der Waals surface area contributed by atoms with Crippen molar-refractivity contribution in [1.82, 2.24) is 19.6 Å². The van der Waals surface area contributed by atoms with Gasteiger partial charge < -0.3 is 25.5 Å². The van der Waals surface area contributed by atoms with Gasteiger partial charge in [-0.1, -0.05) is 6.07 Å². The van der Waals surface area contributed by atoms with E-state index in [2.05, 4.69) is 20.5 Å². The summed E-state index contributed by atoms with van der Waals surface area (Å²) in [7, 11) is 3.97. The molecule has 4 heterocycles. The molecule has 0 spiro atoms. The molecule has 0 saturated carbocycles. The van der Waals surface area contributed by atoms with Gasteiger partial charge in [0.05, 0.1) is 23.1 Å². The monoisotopic (exact) mass is 532 g/mol. The number of carbonyl (C=O) groups is 1. The van der Waals surface area contributed by atoms with E-state index < -0.39 is 12.3 Å². The third kappa shape index (κ3) is 4.70. The Balaban J connectivity index is 1.35. The van der Waals surface area contributed by atoms with Crippen LogP contribution in [0.4, 0.5) is 25.8 Å². The van der Waals surface area contributed by atoms with Crippen molar-refractivity contribution in [3.63, 3.8) is 0 Å². The van der Waals surface area contributed by atoms with Crippen molar-refractivity contribution in [2.24, 2.45) is 0 Å². The Bertz CT molecular complexity index is 1570.